The average molecular weight is 443 g/mol. The van der Waals surface area contributed by atoms with Crippen LogP contribution < -0.4 is 5.32 Å². The molecule has 0 unspecified atom stereocenters. The van der Waals surface area contributed by atoms with Crippen LogP contribution in [0.1, 0.15) is 60.0 Å². The SMILES string of the molecule is CC[C@@H](NC(=O)C1CCN(S(=O)(=O)Cc2cccc(C)c2)CC1)c1ccc(C)cc1C. The maximum absolute atomic E-state index is 12.9. The first-order valence-electron chi connectivity index (χ1n) is 11.1. The Morgan fingerprint density at radius 3 is 2.35 bits per heavy atom. The van der Waals surface area contributed by atoms with E-state index in [1.54, 1.807) is 4.31 Å². The quantitative estimate of drug-likeness (QED) is 0.690. The maximum atomic E-state index is 12.9. The molecule has 0 saturated carbocycles. The van der Waals surface area contributed by atoms with E-state index in [0.29, 0.717) is 25.9 Å². The van der Waals surface area contributed by atoms with E-state index in [1.165, 1.54) is 11.1 Å². The number of amides is 1. The van der Waals surface area contributed by atoms with Gasteiger partial charge >= 0.3 is 0 Å². The van der Waals surface area contributed by atoms with Crippen molar-refractivity contribution in [2.75, 3.05) is 13.1 Å². The molecule has 31 heavy (non-hydrogen) atoms. The van der Waals surface area contributed by atoms with Crippen LogP contribution >= 0.6 is 0 Å². The third kappa shape index (κ3) is 5.95. The number of hydrogen-bond donors (Lipinski definition) is 1. The number of aryl methyl sites for hydroxylation is 3. The highest BCUT2D eigenvalue weighted by Gasteiger charge is 2.32. The minimum Gasteiger partial charge on any atom is -0.349 e. The van der Waals surface area contributed by atoms with Gasteiger partial charge in [0.1, 0.15) is 0 Å². The van der Waals surface area contributed by atoms with Gasteiger partial charge in [-0.1, -0.05) is 60.5 Å². The summed E-state index contributed by atoms with van der Waals surface area (Å²) in [5, 5.41) is 3.21. The van der Waals surface area contributed by atoms with Crippen LogP contribution in [-0.4, -0.2) is 31.7 Å². The Hall–Kier alpha value is -2.18. The second-order valence-electron chi connectivity index (χ2n) is 8.75. The Balaban J connectivity index is 1.58. The van der Waals surface area contributed by atoms with E-state index in [4.69, 9.17) is 0 Å². The first kappa shape index (κ1) is 23.5. The number of carbonyl (C=O) groups is 1. The number of sulfonamides is 1. The minimum atomic E-state index is -3.38. The molecular weight excluding hydrogens is 408 g/mol. The molecular formula is C25H34N2O3S. The molecule has 1 aliphatic rings. The van der Waals surface area contributed by atoms with E-state index in [0.717, 1.165) is 23.1 Å². The van der Waals surface area contributed by atoms with Gasteiger partial charge in [-0.15, -0.1) is 0 Å². The average Bonchev–Trinajstić information content (AvgIpc) is 2.72. The highest BCUT2D eigenvalue weighted by atomic mass is 32.2. The molecule has 1 atom stereocenters. The van der Waals surface area contributed by atoms with Gasteiger partial charge in [0, 0.05) is 19.0 Å². The van der Waals surface area contributed by atoms with Gasteiger partial charge in [-0.05, 0) is 56.7 Å². The molecule has 0 aromatic heterocycles. The summed E-state index contributed by atoms with van der Waals surface area (Å²) in [6.07, 6.45) is 1.93. The van der Waals surface area contributed by atoms with Crippen LogP contribution in [0.4, 0.5) is 0 Å². The van der Waals surface area contributed by atoms with Gasteiger partial charge in [0.2, 0.25) is 15.9 Å². The largest absolute Gasteiger partial charge is 0.349 e. The predicted molar refractivity (Wildman–Crippen MR) is 125 cm³/mol. The standard InChI is InChI=1S/C25H34N2O3S/c1-5-24(23-10-9-19(3)15-20(23)4)26-25(28)22-11-13-27(14-12-22)31(29,30)17-21-8-6-7-18(2)16-21/h6-10,15-16,22,24H,5,11-14,17H2,1-4H3,(H,26,28)/t24-/m1/s1. The zero-order chi connectivity index (χ0) is 22.6. The van der Waals surface area contributed by atoms with Gasteiger partial charge < -0.3 is 5.32 Å². The van der Waals surface area contributed by atoms with E-state index >= 15 is 0 Å². The monoisotopic (exact) mass is 442 g/mol. The van der Waals surface area contributed by atoms with Crippen LogP contribution in [0, 0.1) is 26.7 Å². The van der Waals surface area contributed by atoms with Crippen LogP contribution in [0.2, 0.25) is 0 Å². The lowest BCUT2D eigenvalue weighted by Gasteiger charge is -2.31. The highest BCUT2D eigenvalue weighted by molar-refractivity contribution is 7.88. The lowest BCUT2D eigenvalue weighted by Crippen LogP contribution is -2.44. The second-order valence-corrected chi connectivity index (χ2v) is 10.7. The summed E-state index contributed by atoms with van der Waals surface area (Å²) in [4.78, 5) is 12.9. The number of benzene rings is 2. The maximum Gasteiger partial charge on any atom is 0.223 e. The highest BCUT2D eigenvalue weighted by Crippen LogP contribution is 2.26. The smallest absolute Gasteiger partial charge is 0.223 e. The van der Waals surface area contributed by atoms with E-state index < -0.39 is 10.0 Å². The number of carbonyl (C=O) groups excluding carboxylic acids is 1. The van der Waals surface area contributed by atoms with Gasteiger partial charge in [0.05, 0.1) is 11.8 Å². The predicted octanol–water partition coefficient (Wildman–Crippen LogP) is 4.42. The molecule has 1 heterocycles. The molecule has 0 bridgehead atoms. The number of nitrogens with zero attached hydrogens (tertiary/aromatic N) is 1. The molecule has 1 aliphatic heterocycles. The summed E-state index contributed by atoms with van der Waals surface area (Å²) in [5.74, 6) is -0.108. The van der Waals surface area contributed by atoms with Crippen molar-refractivity contribution in [3.63, 3.8) is 0 Å². The number of hydrogen-bond acceptors (Lipinski definition) is 3. The van der Waals surface area contributed by atoms with Gasteiger partial charge in [0.15, 0.2) is 0 Å². The fourth-order valence-corrected chi connectivity index (χ4v) is 5.96. The zero-order valence-electron chi connectivity index (χ0n) is 19.0. The summed E-state index contributed by atoms with van der Waals surface area (Å²) in [6.45, 7) is 8.97. The molecule has 0 radical (unpaired) electrons. The van der Waals surface area contributed by atoms with Crippen molar-refractivity contribution in [1.82, 2.24) is 9.62 Å². The Morgan fingerprint density at radius 1 is 1.06 bits per heavy atom. The van der Waals surface area contributed by atoms with Crippen LogP contribution in [0.15, 0.2) is 42.5 Å². The van der Waals surface area contributed by atoms with Crippen molar-refractivity contribution in [2.45, 2.75) is 58.8 Å². The molecule has 1 N–H and O–H groups in total. The first-order chi connectivity index (χ1) is 14.7. The van der Waals surface area contributed by atoms with Crippen LogP contribution in [0.25, 0.3) is 0 Å². The molecule has 0 aliphatic carbocycles. The molecule has 5 nitrogen and oxygen atoms in total. The third-order valence-corrected chi connectivity index (χ3v) is 8.03. The molecule has 1 fully saturated rings. The normalized spacial score (nSPS) is 16.8. The van der Waals surface area contributed by atoms with Crippen molar-refractivity contribution in [3.05, 3.63) is 70.3 Å². The molecule has 2 aromatic rings. The lowest BCUT2D eigenvalue weighted by molar-refractivity contribution is -0.126. The van der Waals surface area contributed by atoms with Crippen LogP contribution in [-0.2, 0) is 20.6 Å². The van der Waals surface area contributed by atoms with E-state index in [2.05, 4.69) is 44.3 Å². The molecule has 6 heteroatoms. The fourth-order valence-electron chi connectivity index (χ4n) is 4.41. The van der Waals surface area contributed by atoms with Crippen molar-refractivity contribution >= 4 is 15.9 Å². The van der Waals surface area contributed by atoms with E-state index in [9.17, 15) is 13.2 Å². The first-order valence-corrected chi connectivity index (χ1v) is 12.7. The van der Waals surface area contributed by atoms with Crippen molar-refractivity contribution < 1.29 is 13.2 Å². The lowest BCUT2D eigenvalue weighted by atomic mass is 9.94. The molecule has 1 saturated heterocycles. The molecule has 3 rings (SSSR count). The van der Waals surface area contributed by atoms with Gasteiger partial charge in [-0.3, -0.25) is 4.79 Å². The minimum absolute atomic E-state index is 0.0101. The number of rotatable bonds is 7. The summed E-state index contributed by atoms with van der Waals surface area (Å²) < 4.78 is 27.2. The van der Waals surface area contributed by atoms with Gasteiger partial charge in [-0.2, -0.15) is 0 Å². The summed E-state index contributed by atoms with van der Waals surface area (Å²) in [7, 11) is -3.38. The summed E-state index contributed by atoms with van der Waals surface area (Å²) in [5.41, 5.74) is 5.40. The van der Waals surface area contributed by atoms with Gasteiger partial charge in [0.25, 0.3) is 0 Å². The fraction of sp³-hybridized carbons (Fsp3) is 0.480. The van der Waals surface area contributed by atoms with Crippen LogP contribution in [0.5, 0.6) is 0 Å². The molecule has 2 aromatic carbocycles. The van der Waals surface area contributed by atoms with Crippen molar-refractivity contribution in [2.24, 2.45) is 5.92 Å². The zero-order valence-corrected chi connectivity index (χ0v) is 19.8. The van der Waals surface area contributed by atoms with Crippen molar-refractivity contribution in [1.29, 1.82) is 0 Å². The Labute approximate surface area is 186 Å². The van der Waals surface area contributed by atoms with E-state index in [-0.39, 0.29) is 23.6 Å². The molecule has 1 amide bonds. The van der Waals surface area contributed by atoms with Crippen LogP contribution in [0.3, 0.4) is 0 Å². The summed E-state index contributed by atoms with van der Waals surface area (Å²) >= 11 is 0. The van der Waals surface area contributed by atoms with Gasteiger partial charge in [-0.25, -0.2) is 12.7 Å². The topological polar surface area (TPSA) is 66.5 Å². The second kappa shape index (κ2) is 9.96. The number of nitrogens with one attached hydrogen (secondary N) is 1. The Bertz CT molecular complexity index is 1020. The molecule has 168 valence electrons. The van der Waals surface area contributed by atoms with Crippen molar-refractivity contribution in [3.8, 4) is 0 Å². The summed E-state index contributed by atoms with van der Waals surface area (Å²) in [6, 6.07) is 13.9. The Morgan fingerprint density at radius 2 is 1.74 bits per heavy atom. The number of piperidine rings is 1. The van der Waals surface area contributed by atoms with E-state index in [1.807, 2.05) is 31.2 Å². The molecule has 0 spiro atoms. The Kier molecular flexibility index (Phi) is 7.55. The third-order valence-electron chi connectivity index (χ3n) is 6.18.